The highest BCUT2D eigenvalue weighted by Crippen LogP contribution is 2.23. The van der Waals surface area contributed by atoms with E-state index in [2.05, 4.69) is 9.44 Å². The fourth-order valence-electron chi connectivity index (χ4n) is 2.46. The second kappa shape index (κ2) is 8.32. The molecule has 0 aliphatic carbocycles. The Kier molecular flexibility index (Phi) is 6.02. The van der Waals surface area contributed by atoms with Gasteiger partial charge >= 0.3 is 0 Å². The van der Waals surface area contributed by atoms with Gasteiger partial charge in [0, 0.05) is 5.02 Å². The molecule has 2 N–H and O–H groups in total. The molecule has 0 bridgehead atoms. The van der Waals surface area contributed by atoms with Gasteiger partial charge in [0.2, 0.25) is 0 Å². The van der Waals surface area contributed by atoms with Gasteiger partial charge in [0.15, 0.2) is 0 Å². The minimum Gasteiger partial charge on any atom is -0.497 e. The summed E-state index contributed by atoms with van der Waals surface area (Å²) in [5.74, 6) is 0.518. The molecule has 0 saturated heterocycles. The van der Waals surface area contributed by atoms with E-state index >= 15 is 0 Å². The zero-order valence-corrected chi connectivity index (χ0v) is 17.6. The summed E-state index contributed by atoms with van der Waals surface area (Å²) in [6.45, 7) is 0. The van der Waals surface area contributed by atoms with Crippen molar-refractivity contribution in [2.75, 3.05) is 16.6 Å². The van der Waals surface area contributed by atoms with Crippen LogP contribution in [0.15, 0.2) is 82.6 Å². The molecule has 0 radical (unpaired) electrons. The molecule has 0 spiro atoms. The summed E-state index contributed by atoms with van der Waals surface area (Å²) in [5.41, 5.74) is 0.400. The van der Waals surface area contributed by atoms with Crippen molar-refractivity contribution >= 4 is 43.0 Å². The predicted molar refractivity (Wildman–Crippen MR) is 113 cm³/mol. The Morgan fingerprint density at radius 3 is 1.86 bits per heavy atom. The molecule has 3 rings (SSSR count). The molecule has 7 nitrogen and oxygen atoms in total. The van der Waals surface area contributed by atoms with Gasteiger partial charge in [-0.15, -0.1) is 0 Å². The van der Waals surface area contributed by atoms with Crippen molar-refractivity contribution in [1.29, 1.82) is 0 Å². The smallest absolute Gasteiger partial charge is 0.261 e. The molecule has 3 aromatic carbocycles. The number of ether oxygens (including phenoxy) is 1. The lowest BCUT2D eigenvalue weighted by Gasteiger charge is -2.12. The molecule has 0 aliphatic rings. The van der Waals surface area contributed by atoms with Crippen LogP contribution >= 0.6 is 11.6 Å². The van der Waals surface area contributed by atoms with Crippen molar-refractivity contribution in [3.8, 4) is 5.75 Å². The average molecular weight is 453 g/mol. The normalized spacial score (nSPS) is 11.7. The third kappa shape index (κ3) is 5.20. The molecule has 152 valence electrons. The summed E-state index contributed by atoms with van der Waals surface area (Å²) in [7, 11) is -6.37. The highest BCUT2D eigenvalue weighted by atomic mass is 35.5. The first kappa shape index (κ1) is 21.0. The molecule has 0 aromatic heterocycles. The maximum atomic E-state index is 12.6. The van der Waals surface area contributed by atoms with Crippen LogP contribution in [0.3, 0.4) is 0 Å². The molecular weight excluding hydrogens is 436 g/mol. The number of sulfonamides is 2. The van der Waals surface area contributed by atoms with Crippen molar-refractivity contribution < 1.29 is 21.6 Å². The van der Waals surface area contributed by atoms with Crippen LogP contribution in [-0.2, 0) is 20.0 Å². The first-order valence-electron chi connectivity index (χ1n) is 8.25. The first-order chi connectivity index (χ1) is 13.7. The Morgan fingerprint density at radius 1 is 0.724 bits per heavy atom. The Morgan fingerprint density at radius 2 is 1.28 bits per heavy atom. The molecule has 0 aliphatic heterocycles. The number of anilines is 2. The topological polar surface area (TPSA) is 102 Å². The van der Waals surface area contributed by atoms with Gasteiger partial charge in [0.05, 0.1) is 28.3 Å². The Balaban J connectivity index is 1.84. The lowest BCUT2D eigenvalue weighted by atomic mass is 10.3. The number of nitrogens with one attached hydrogen (secondary N) is 2. The molecular formula is C19H17ClN2O5S2. The maximum absolute atomic E-state index is 12.6. The van der Waals surface area contributed by atoms with E-state index in [0.717, 1.165) is 0 Å². The summed E-state index contributed by atoms with van der Waals surface area (Å²) in [6, 6.07) is 17.6. The predicted octanol–water partition coefficient (Wildman–Crippen LogP) is 3.95. The first-order valence-corrected chi connectivity index (χ1v) is 11.6. The van der Waals surface area contributed by atoms with Gasteiger partial charge in [-0.2, -0.15) is 0 Å². The van der Waals surface area contributed by atoms with Crippen molar-refractivity contribution in [1.82, 2.24) is 0 Å². The van der Waals surface area contributed by atoms with E-state index in [0.29, 0.717) is 16.5 Å². The highest BCUT2D eigenvalue weighted by Gasteiger charge is 2.18. The second-order valence-corrected chi connectivity index (χ2v) is 9.73. The molecule has 0 amide bonds. The molecule has 0 unspecified atom stereocenters. The van der Waals surface area contributed by atoms with Crippen LogP contribution in [0.4, 0.5) is 11.4 Å². The second-order valence-electron chi connectivity index (χ2n) is 5.92. The number of hydrogen-bond donors (Lipinski definition) is 2. The number of benzene rings is 3. The monoisotopic (exact) mass is 452 g/mol. The van der Waals surface area contributed by atoms with Gasteiger partial charge in [0.1, 0.15) is 5.75 Å². The minimum absolute atomic E-state index is 0.0172. The van der Waals surface area contributed by atoms with Gasteiger partial charge in [-0.25, -0.2) is 16.8 Å². The molecule has 29 heavy (non-hydrogen) atoms. The third-order valence-electron chi connectivity index (χ3n) is 3.84. The van der Waals surface area contributed by atoms with Crippen molar-refractivity contribution in [3.63, 3.8) is 0 Å². The lowest BCUT2D eigenvalue weighted by molar-refractivity contribution is 0.414. The molecule has 0 atom stereocenters. The summed E-state index contributed by atoms with van der Waals surface area (Å²) in [4.78, 5) is -0.0870. The van der Waals surface area contributed by atoms with E-state index in [1.807, 2.05) is 0 Å². The van der Waals surface area contributed by atoms with E-state index in [1.54, 1.807) is 18.2 Å². The quantitative estimate of drug-likeness (QED) is 0.565. The van der Waals surface area contributed by atoms with Crippen LogP contribution in [0.1, 0.15) is 0 Å². The van der Waals surface area contributed by atoms with Gasteiger partial charge in [-0.3, -0.25) is 9.44 Å². The summed E-state index contributed by atoms with van der Waals surface area (Å²) in [6.07, 6.45) is 0. The fraction of sp³-hybridized carbons (Fsp3) is 0.0526. The summed E-state index contributed by atoms with van der Waals surface area (Å²) >= 11 is 5.88. The number of hydrogen-bond acceptors (Lipinski definition) is 5. The Labute approximate surface area is 174 Å². The molecule has 0 fully saturated rings. The van der Waals surface area contributed by atoms with Crippen LogP contribution in [0.5, 0.6) is 5.75 Å². The van der Waals surface area contributed by atoms with E-state index < -0.39 is 20.0 Å². The minimum atomic E-state index is -3.94. The number of methoxy groups -OCH3 is 1. The number of halogens is 1. The van der Waals surface area contributed by atoms with E-state index in [4.69, 9.17) is 16.3 Å². The van der Waals surface area contributed by atoms with E-state index in [-0.39, 0.29) is 15.5 Å². The molecule has 10 heteroatoms. The van der Waals surface area contributed by atoms with Crippen LogP contribution in [-0.4, -0.2) is 23.9 Å². The van der Waals surface area contributed by atoms with E-state index in [9.17, 15) is 16.8 Å². The van der Waals surface area contributed by atoms with Crippen LogP contribution in [0.25, 0.3) is 0 Å². The van der Waals surface area contributed by atoms with Crippen LogP contribution in [0.2, 0.25) is 5.02 Å². The lowest BCUT2D eigenvalue weighted by Crippen LogP contribution is -2.15. The summed E-state index contributed by atoms with van der Waals surface area (Å²) in [5, 5.41) is 0.381. The highest BCUT2D eigenvalue weighted by molar-refractivity contribution is 7.93. The van der Waals surface area contributed by atoms with Crippen molar-refractivity contribution in [2.45, 2.75) is 9.79 Å². The Bertz CT molecular complexity index is 1230. The number of rotatable bonds is 7. The zero-order chi connectivity index (χ0) is 21.1. The van der Waals surface area contributed by atoms with Crippen molar-refractivity contribution in [3.05, 3.63) is 77.8 Å². The standard InChI is InChI=1S/C19H17ClN2O5S2/c1-27-17-8-10-18(11-9-17)28(23,24)22-16-6-3-7-19(13-16)29(25,26)21-15-5-2-4-14(20)12-15/h2-13,21-22H,1H3. The largest absolute Gasteiger partial charge is 0.497 e. The Hall–Kier alpha value is -2.75. The SMILES string of the molecule is COc1ccc(S(=O)(=O)Nc2cccc(S(=O)(=O)Nc3cccc(Cl)c3)c2)cc1. The molecule has 0 heterocycles. The van der Waals surface area contributed by atoms with Gasteiger partial charge in [-0.05, 0) is 60.7 Å². The average Bonchev–Trinajstić information content (AvgIpc) is 2.67. The molecule has 0 saturated carbocycles. The summed E-state index contributed by atoms with van der Waals surface area (Å²) < 4.78 is 60.2. The van der Waals surface area contributed by atoms with Crippen LogP contribution < -0.4 is 14.2 Å². The zero-order valence-electron chi connectivity index (χ0n) is 15.2. The van der Waals surface area contributed by atoms with Gasteiger partial charge in [0.25, 0.3) is 20.0 Å². The van der Waals surface area contributed by atoms with Gasteiger partial charge in [-0.1, -0.05) is 23.7 Å². The fourth-order valence-corrected chi connectivity index (χ4v) is 4.80. The van der Waals surface area contributed by atoms with E-state index in [1.165, 1.54) is 61.7 Å². The maximum Gasteiger partial charge on any atom is 0.261 e. The van der Waals surface area contributed by atoms with Gasteiger partial charge < -0.3 is 4.74 Å². The third-order valence-corrected chi connectivity index (χ3v) is 6.85. The van der Waals surface area contributed by atoms with Crippen molar-refractivity contribution in [2.24, 2.45) is 0 Å². The molecule has 3 aromatic rings. The van der Waals surface area contributed by atoms with Crippen LogP contribution in [0, 0.1) is 0 Å².